The van der Waals surface area contributed by atoms with Gasteiger partial charge in [-0.1, -0.05) is 35.5 Å². The first-order valence-electron chi connectivity index (χ1n) is 11.9. The molecule has 0 bridgehead atoms. The Balaban J connectivity index is 1.36. The van der Waals surface area contributed by atoms with E-state index in [0.717, 1.165) is 50.9 Å². The Kier molecular flexibility index (Phi) is 7.36. The van der Waals surface area contributed by atoms with Crippen molar-refractivity contribution in [1.82, 2.24) is 5.16 Å². The average Bonchev–Trinajstić information content (AvgIpc) is 3.40. The Labute approximate surface area is 216 Å². The van der Waals surface area contributed by atoms with E-state index < -0.39 is 0 Å². The molecule has 0 amide bonds. The predicted octanol–water partition coefficient (Wildman–Crippen LogP) is 7.18. The van der Waals surface area contributed by atoms with Gasteiger partial charge in [0.25, 0.3) is 0 Å². The zero-order valence-corrected chi connectivity index (χ0v) is 20.7. The van der Waals surface area contributed by atoms with Crippen LogP contribution in [0.1, 0.15) is 11.1 Å². The molecule has 6 nitrogen and oxygen atoms in total. The largest absolute Gasteiger partial charge is 0.497 e. The van der Waals surface area contributed by atoms with E-state index in [1.165, 1.54) is 0 Å². The van der Waals surface area contributed by atoms with Gasteiger partial charge in [-0.05, 0) is 78.4 Å². The summed E-state index contributed by atoms with van der Waals surface area (Å²) in [5.74, 6) is 3.69. The van der Waals surface area contributed by atoms with Gasteiger partial charge in [-0.2, -0.15) is 0 Å². The first-order valence-corrected chi connectivity index (χ1v) is 11.9. The molecule has 5 aromatic rings. The molecular formula is C31H27NO5. The van der Waals surface area contributed by atoms with Gasteiger partial charge in [0.2, 0.25) is 0 Å². The molecule has 0 aliphatic rings. The van der Waals surface area contributed by atoms with Crippen LogP contribution in [0.5, 0.6) is 23.0 Å². The summed E-state index contributed by atoms with van der Waals surface area (Å²) in [6.07, 6.45) is 0. The fourth-order valence-electron chi connectivity index (χ4n) is 3.92. The summed E-state index contributed by atoms with van der Waals surface area (Å²) in [6, 6.07) is 33.1. The summed E-state index contributed by atoms with van der Waals surface area (Å²) in [5.41, 5.74) is 4.48. The highest BCUT2D eigenvalue weighted by Crippen LogP contribution is 2.35. The highest BCUT2D eigenvalue weighted by atomic mass is 16.5. The van der Waals surface area contributed by atoms with Crippen LogP contribution in [-0.4, -0.2) is 19.4 Å². The Morgan fingerprint density at radius 2 is 1.08 bits per heavy atom. The van der Waals surface area contributed by atoms with Gasteiger partial charge in [-0.15, -0.1) is 0 Å². The molecular weight excluding hydrogens is 466 g/mol. The molecule has 0 saturated heterocycles. The second-order valence-electron chi connectivity index (χ2n) is 8.33. The predicted molar refractivity (Wildman–Crippen MR) is 142 cm³/mol. The maximum Gasteiger partial charge on any atom is 0.174 e. The molecule has 5 rings (SSSR count). The molecule has 0 radical (unpaired) electrons. The van der Waals surface area contributed by atoms with Gasteiger partial charge in [-0.3, -0.25) is 0 Å². The summed E-state index contributed by atoms with van der Waals surface area (Å²) in [7, 11) is 3.28. The van der Waals surface area contributed by atoms with Crippen molar-refractivity contribution in [2.24, 2.45) is 0 Å². The molecule has 0 spiro atoms. The summed E-state index contributed by atoms with van der Waals surface area (Å²) < 4.78 is 28.5. The number of hydrogen-bond acceptors (Lipinski definition) is 6. The second kappa shape index (κ2) is 11.4. The highest BCUT2D eigenvalue weighted by Gasteiger charge is 2.20. The van der Waals surface area contributed by atoms with Crippen molar-refractivity contribution in [3.8, 4) is 45.6 Å². The molecule has 1 heterocycles. The second-order valence-corrected chi connectivity index (χ2v) is 8.33. The third-order valence-electron chi connectivity index (χ3n) is 5.96. The first-order chi connectivity index (χ1) is 18.2. The molecule has 0 atom stereocenters. The molecule has 0 aliphatic carbocycles. The first kappa shape index (κ1) is 24.0. The van der Waals surface area contributed by atoms with Crippen molar-refractivity contribution < 1.29 is 23.5 Å². The number of hydrogen-bond donors (Lipinski definition) is 0. The zero-order chi connectivity index (χ0) is 25.5. The molecule has 0 fully saturated rings. The zero-order valence-electron chi connectivity index (χ0n) is 20.7. The maximum atomic E-state index is 6.18. The molecule has 0 unspecified atom stereocenters. The van der Waals surface area contributed by atoms with Gasteiger partial charge in [-0.25, -0.2) is 0 Å². The molecule has 4 aromatic carbocycles. The van der Waals surface area contributed by atoms with E-state index >= 15 is 0 Å². The van der Waals surface area contributed by atoms with E-state index in [1.54, 1.807) is 14.2 Å². The van der Waals surface area contributed by atoms with Crippen LogP contribution in [-0.2, 0) is 13.2 Å². The molecule has 0 aliphatic heterocycles. The summed E-state index contributed by atoms with van der Waals surface area (Å²) in [5, 5.41) is 4.39. The number of ether oxygens (including phenoxy) is 4. The maximum absolute atomic E-state index is 6.18. The van der Waals surface area contributed by atoms with Crippen LogP contribution >= 0.6 is 0 Å². The van der Waals surface area contributed by atoms with Crippen LogP contribution in [0.2, 0.25) is 0 Å². The van der Waals surface area contributed by atoms with E-state index in [-0.39, 0.29) is 6.61 Å². The van der Waals surface area contributed by atoms with Crippen molar-refractivity contribution in [3.63, 3.8) is 0 Å². The molecule has 0 N–H and O–H groups in total. The van der Waals surface area contributed by atoms with E-state index in [9.17, 15) is 0 Å². The van der Waals surface area contributed by atoms with E-state index in [2.05, 4.69) is 5.16 Å². The minimum absolute atomic E-state index is 0.274. The van der Waals surface area contributed by atoms with Crippen molar-refractivity contribution in [2.45, 2.75) is 13.2 Å². The van der Waals surface area contributed by atoms with E-state index in [4.69, 9.17) is 23.5 Å². The number of nitrogens with zero attached hydrogens (tertiary/aromatic N) is 1. The van der Waals surface area contributed by atoms with Crippen LogP contribution in [0.3, 0.4) is 0 Å². The number of rotatable bonds is 10. The Hall–Kier alpha value is -4.71. The Morgan fingerprint density at radius 1 is 0.568 bits per heavy atom. The molecule has 1 aromatic heterocycles. The number of benzene rings is 4. The summed E-state index contributed by atoms with van der Waals surface area (Å²) in [4.78, 5) is 0. The molecule has 37 heavy (non-hydrogen) atoms. The van der Waals surface area contributed by atoms with Gasteiger partial charge in [0.05, 0.1) is 19.8 Å². The lowest BCUT2D eigenvalue weighted by Crippen LogP contribution is -1.99. The molecule has 186 valence electrons. The molecule has 0 saturated carbocycles. The summed E-state index contributed by atoms with van der Waals surface area (Å²) >= 11 is 0. The van der Waals surface area contributed by atoms with Gasteiger partial charge >= 0.3 is 0 Å². The van der Waals surface area contributed by atoms with Crippen LogP contribution in [0.15, 0.2) is 108 Å². The lowest BCUT2D eigenvalue weighted by molar-refractivity contribution is 0.297. The van der Waals surface area contributed by atoms with Gasteiger partial charge in [0.1, 0.15) is 41.9 Å². The average molecular weight is 494 g/mol. The van der Waals surface area contributed by atoms with Crippen molar-refractivity contribution in [1.29, 1.82) is 0 Å². The van der Waals surface area contributed by atoms with Crippen LogP contribution in [0, 0.1) is 0 Å². The SMILES string of the molecule is COc1ccc(-c2noc(-c3ccc(OC)cc3)c2COc2ccc(OCc3ccccc3)cc2)cc1. The van der Waals surface area contributed by atoms with Crippen molar-refractivity contribution >= 4 is 0 Å². The fourth-order valence-corrected chi connectivity index (χ4v) is 3.92. The topological polar surface area (TPSA) is 63.0 Å². The van der Waals surface area contributed by atoms with Crippen molar-refractivity contribution in [2.75, 3.05) is 14.2 Å². The number of aromatic nitrogens is 1. The monoisotopic (exact) mass is 493 g/mol. The Morgan fingerprint density at radius 3 is 1.65 bits per heavy atom. The molecule has 6 heteroatoms. The van der Waals surface area contributed by atoms with Crippen LogP contribution < -0.4 is 18.9 Å². The Bertz CT molecular complexity index is 1340. The van der Waals surface area contributed by atoms with Gasteiger partial charge < -0.3 is 23.5 Å². The third-order valence-corrected chi connectivity index (χ3v) is 5.96. The lowest BCUT2D eigenvalue weighted by atomic mass is 10.0. The number of methoxy groups -OCH3 is 2. The van der Waals surface area contributed by atoms with Crippen LogP contribution in [0.4, 0.5) is 0 Å². The van der Waals surface area contributed by atoms with E-state index in [0.29, 0.717) is 12.4 Å². The lowest BCUT2D eigenvalue weighted by Gasteiger charge is -2.10. The third kappa shape index (κ3) is 5.76. The van der Waals surface area contributed by atoms with E-state index in [1.807, 2.05) is 103 Å². The van der Waals surface area contributed by atoms with Crippen molar-refractivity contribution in [3.05, 3.63) is 114 Å². The smallest absolute Gasteiger partial charge is 0.174 e. The van der Waals surface area contributed by atoms with Gasteiger partial charge in [0, 0.05) is 11.1 Å². The minimum atomic E-state index is 0.274. The minimum Gasteiger partial charge on any atom is -0.497 e. The highest BCUT2D eigenvalue weighted by molar-refractivity contribution is 5.73. The normalized spacial score (nSPS) is 10.6. The quantitative estimate of drug-likeness (QED) is 0.205. The van der Waals surface area contributed by atoms with Crippen LogP contribution in [0.25, 0.3) is 22.6 Å². The standard InChI is InChI=1S/C31H27NO5/c1-33-25-12-8-23(9-13-25)30-29(31(37-32-30)24-10-14-26(34-2)15-11-24)21-36-28-18-16-27(17-19-28)35-20-22-6-4-3-5-7-22/h3-19H,20-21H2,1-2H3. The van der Waals surface area contributed by atoms with Gasteiger partial charge in [0.15, 0.2) is 5.76 Å². The fraction of sp³-hybridized carbons (Fsp3) is 0.129. The summed E-state index contributed by atoms with van der Waals surface area (Å²) in [6.45, 7) is 0.786.